The minimum Gasteiger partial charge on any atom is -0.352 e. The summed E-state index contributed by atoms with van der Waals surface area (Å²) in [5.41, 5.74) is 2.30. The van der Waals surface area contributed by atoms with Crippen LogP contribution in [-0.2, 0) is 11.3 Å². The first-order valence-electron chi connectivity index (χ1n) is 8.69. The first-order valence-corrected chi connectivity index (χ1v) is 8.69. The van der Waals surface area contributed by atoms with Crippen LogP contribution in [0.5, 0.6) is 0 Å². The average molecular weight is 326 g/mol. The summed E-state index contributed by atoms with van der Waals surface area (Å²) < 4.78 is 2.34. The number of carbonyl (C=O) groups excluding carboxylic acids is 1. The summed E-state index contributed by atoms with van der Waals surface area (Å²) in [7, 11) is 0. The van der Waals surface area contributed by atoms with Crippen molar-refractivity contribution in [3.63, 3.8) is 0 Å². The molecule has 1 aliphatic rings. The predicted octanol–water partition coefficient (Wildman–Crippen LogP) is 2.36. The minimum absolute atomic E-state index is 0.0878. The molecule has 128 valence electrons. The van der Waals surface area contributed by atoms with Gasteiger partial charge < -0.3 is 9.88 Å². The molecule has 1 N–H and O–H groups in total. The molecule has 3 rings (SSSR count). The highest BCUT2D eigenvalue weighted by Gasteiger charge is 2.22. The third kappa shape index (κ3) is 3.85. The highest BCUT2D eigenvalue weighted by atomic mass is 16.2. The average Bonchev–Trinajstić information content (AvgIpc) is 2.90. The van der Waals surface area contributed by atoms with Gasteiger partial charge in [0.2, 0.25) is 5.91 Å². The van der Waals surface area contributed by atoms with Crippen molar-refractivity contribution in [1.29, 1.82) is 0 Å². The Balaban J connectivity index is 1.54. The SMILES string of the molecule is C=CCNC(=O)CN1CCC(Cn2c(C)nc3ccccc32)CC1. The van der Waals surface area contributed by atoms with Gasteiger partial charge in [-0.1, -0.05) is 18.2 Å². The second-order valence-electron chi connectivity index (χ2n) is 6.57. The van der Waals surface area contributed by atoms with Crippen LogP contribution >= 0.6 is 0 Å². The fourth-order valence-electron chi connectivity index (χ4n) is 3.46. The number of para-hydroxylation sites is 2. The van der Waals surface area contributed by atoms with E-state index in [1.54, 1.807) is 6.08 Å². The van der Waals surface area contributed by atoms with Crippen LogP contribution in [0.1, 0.15) is 18.7 Å². The van der Waals surface area contributed by atoms with Crippen LogP contribution in [0.25, 0.3) is 11.0 Å². The fraction of sp³-hybridized carbons (Fsp3) is 0.474. The Labute approximate surface area is 143 Å². The Morgan fingerprint density at radius 1 is 1.38 bits per heavy atom. The van der Waals surface area contributed by atoms with Gasteiger partial charge in [0.25, 0.3) is 0 Å². The van der Waals surface area contributed by atoms with Crippen LogP contribution in [0.15, 0.2) is 36.9 Å². The van der Waals surface area contributed by atoms with E-state index in [0.717, 1.165) is 43.8 Å². The maximum atomic E-state index is 11.8. The standard InChI is InChI=1S/C19H26N4O/c1-3-10-20-19(24)14-22-11-8-16(9-12-22)13-23-15(2)21-17-6-4-5-7-18(17)23/h3-7,16H,1,8-14H2,2H3,(H,20,24). The number of imidazole rings is 1. The van der Waals surface area contributed by atoms with Crippen LogP contribution in [-0.4, -0.2) is 46.5 Å². The lowest BCUT2D eigenvalue weighted by Crippen LogP contribution is -2.42. The van der Waals surface area contributed by atoms with E-state index < -0.39 is 0 Å². The lowest BCUT2D eigenvalue weighted by atomic mass is 9.96. The Bertz CT molecular complexity index is 713. The van der Waals surface area contributed by atoms with Gasteiger partial charge in [0.15, 0.2) is 0 Å². The zero-order valence-corrected chi connectivity index (χ0v) is 14.4. The molecule has 0 unspecified atom stereocenters. The van der Waals surface area contributed by atoms with Gasteiger partial charge in [-0.2, -0.15) is 0 Å². The van der Waals surface area contributed by atoms with Gasteiger partial charge in [-0.15, -0.1) is 6.58 Å². The van der Waals surface area contributed by atoms with Crippen molar-refractivity contribution in [2.45, 2.75) is 26.3 Å². The summed E-state index contributed by atoms with van der Waals surface area (Å²) in [5, 5.41) is 2.84. The number of nitrogens with one attached hydrogen (secondary N) is 1. The molecule has 1 saturated heterocycles. The van der Waals surface area contributed by atoms with Crippen molar-refractivity contribution in [3.05, 3.63) is 42.7 Å². The van der Waals surface area contributed by atoms with E-state index in [0.29, 0.717) is 19.0 Å². The van der Waals surface area contributed by atoms with Gasteiger partial charge in [0.05, 0.1) is 17.6 Å². The molecule has 0 aliphatic carbocycles. The van der Waals surface area contributed by atoms with Gasteiger partial charge >= 0.3 is 0 Å². The summed E-state index contributed by atoms with van der Waals surface area (Å²) in [4.78, 5) is 18.7. The number of fused-ring (bicyclic) bond motifs is 1. The molecule has 0 radical (unpaired) electrons. The largest absolute Gasteiger partial charge is 0.352 e. The second-order valence-corrected chi connectivity index (χ2v) is 6.57. The molecule has 1 aromatic carbocycles. The number of likely N-dealkylation sites (tertiary alicyclic amines) is 1. The topological polar surface area (TPSA) is 50.2 Å². The molecule has 0 spiro atoms. The van der Waals surface area contributed by atoms with Crippen LogP contribution in [0.3, 0.4) is 0 Å². The molecule has 2 heterocycles. The number of amides is 1. The van der Waals surface area contributed by atoms with Crippen molar-refractivity contribution < 1.29 is 4.79 Å². The van der Waals surface area contributed by atoms with E-state index in [4.69, 9.17) is 0 Å². The quantitative estimate of drug-likeness (QED) is 0.829. The molecule has 0 saturated carbocycles. The van der Waals surface area contributed by atoms with Gasteiger partial charge in [0.1, 0.15) is 5.82 Å². The van der Waals surface area contributed by atoms with Crippen molar-refractivity contribution in [1.82, 2.24) is 19.8 Å². The van der Waals surface area contributed by atoms with E-state index in [2.05, 4.69) is 51.5 Å². The van der Waals surface area contributed by atoms with Crippen LogP contribution < -0.4 is 5.32 Å². The number of aryl methyl sites for hydroxylation is 1. The first-order chi connectivity index (χ1) is 11.7. The van der Waals surface area contributed by atoms with Gasteiger partial charge in [0, 0.05) is 13.1 Å². The van der Waals surface area contributed by atoms with E-state index in [1.165, 1.54) is 5.52 Å². The number of carbonyl (C=O) groups is 1. The molecular weight excluding hydrogens is 300 g/mol. The van der Waals surface area contributed by atoms with E-state index in [9.17, 15) is 4.79 Å². The molecular formula is C19H26N4O. The van der Waals surface area contributed by atoms with Crippen molar-refractivity contribution in [3.8, 4) is 0 Å². The van der Waals surface area contributed by atoms with Crippen molar-refractivity contribution >= 4 is 16.9 Å². The Kier molecular flexibility index (Phi) is 5.30. The third-order valence-corrected chi connectivity index (χ3v) is 4.80. The van der Waals surface area contributed by atoms with E-state index in [-0.39, 0.29) is 5.91 Å². The number of rotatable bonds is 6. The lowest BCUT2D eigenvalue weighted by Gasteiger charge is -2.31. The van der Waals surface area contributed by atoms with Crippen LogP contribution in [0, 0.1) is 12.8 Å². The first kappa shape index (κ1) is 16.7. The lowest BCUT2D eigenvalue weighted by molar-refractivity contribution is -0.122. The second kappa shape index (κ2) is 7.62. The fourth-order valence-corrected chi connectivity index (χ4v) is 3.46. The Morgan fingerprint density at radius 3 is 2.88 bits per heavy atom. The normalized spacial score (nSPS) is 16.4. The molecule has 0 atom stereocenters. The van der Waals surface area contributed by atoms with Crippen molar-refractivity contribution in [2.75, 3.05) is 26.2 Å². The summed E-state index contributed by atoms with van der Waals surface area (Å²) in [6.45, 7) is 9.72. The zero-order chi connectivity index (χ0) is 16.9. The molecule has 1 aliphatic heterocycles. The molecule has 2 aromatic rings. The van der Waals surface area contributed by atoms with Gasteiger partial charge in [-0.05, 0) is 50.9 Å². The molecule has 5 nitrogen and oxygen atoms in total. The van der Waals surface area contributed by atoms with Crippen LogP contribution in [0.2, 0.25) is 0 Å². The van der Waals surface area contributed by atoms with Gasteiger partial charge in [-0.25, -0.2) is 4.98 Å². The smallest absolute Gasteiger partial charge is 0.234 e. The maximum absolute atomic E-state index is 11.8. The summed E-state index contributed by atoms with van der Waals surface area (Å²) in [6, 6.07) is 8.33. The minimum atomic E-state index is 0.0878. The molecule has 1 amide bonds. The van der Waals surface area contributed by atoms with Crippen LogP contribution in [0.4, 0.5) is 0 Å². The molecule has 24 heavy (non-hydrogen) atoms. The van der Waals surface area contributed by atoms with Gasteiger partial charge in [-0.3, -0.25) is 9.69 Å². The number of hydrogen-bond acceptors (Lipinski definition) is 3. The highest BCUT2D eigenvalue weighted by Crippen LogP contribution is 2.23. The Hall–Kier alpha value is -2.14. The molecule has 1 fully saturated rings. The predicted molar refractivity (Wildman–Crippen MR) is 96.8 cm³/mol. The Morgan fingerprint density at radius 2 is 2.12 bits per heavy atom. The van der Waals surface area contributed by atoms with E-state index in [1.807, 2.05) is 6.07 Å². The van der Waals surface area contributed by atoms with E-state index >= 15 is 0 Å². The summed E-state index contributed by atoms with van der Waals surface area (Å²) in [6.07, 6.45) is 3.96. The van der Waals surface area contributed by atoms with Crippen molar-refractivity contribution in [2.24, 2.45) is 5.92 Å². The number of aromatic nitrogens is 2. The number of hydrogen-bond donors (Lipinski definition) is 1. The maximum Gasteiger partial charge on any atom is 0.234 e. The molecule has 0 bridgehead atoms. The zero-order valence-electron chi connectivity index (χ0n) is 14.4. The number of nitrogens with zero attached hydrogens (tertiary/aromatic N) is 3. The monoisotopic (exact) mass is 326 g/mol. The highest BCUT2D eigenvalue weighted by molar-refractivity contribution is 5.78. The molecule has 1 aromatic heterocycles. The number of piperidine rings is 1. The summed E-state index contributed by atoms with van der Waals surface area (Å²) in [5.74, 6) is 1.82. The summed E-state index contributed by atoms with van der Waals surface area (Å²) >= 11 is 0. The third-order valence-electron chi connectivity index (χ3n) is 4.80. The number of benzene rings is 1. The molecule has 5 heteroatoms.